The molecule has 0 aromatic carbocycles. The van der Waals surface area contributed by atoms with E-state index in [0.717, 1.165) is 11.8 Å². The number of hydrogen-bond acceptors (Lipinski definition) is 11. The van der Waals surface area contributed by atoms with E-state index in [0.29, 0.717) is 12.8 Å². The molecule has 0 spiro atoms. The SMILES string of the molecule is COC(CC[C@@H](OCCOCC(=O)OC(C)(C)C)SC(C)=O)OCCOCC(=O)OC(C)(C)C. The zero-order chi connectivity index (χ0) is 26.2. The number of carbonyl (C=O) groups is 3. The summed E-state index contributed by atoms with van der Waals surface area (Å²) in [6.07, 6.45) is 0.451. The summed E-state index contributed by atoms with van der Waals surface area (Å²) in [4.78, 5) is 34.8. The fourth-order valence-electron chi connectivity index (χ4n) is 2.43. The van der Waals surface area contributed by atoms with Crippen LogP contribution in [0.25, 0.3) is 0 Å². The van der Waals surface area contributed by atoms with Gasteiger partial charge in [0.1, 0.15) is 29.9 Å². The van der Waals surface area contributed by atoms with E-state index in [9.17, 15) is 14.4 Å². The molecule has 0 saturated heterocycles. The van der Waals surface area contributed by atoms with E-state index in [2.05, 4.69) is 0 Å². The second kappa shape index (κ2) is 17.2. The van der Waals surface area contributed by atoms with E-state index in [-0.39, 0.29) is 44.8 Å². The first kappa shape index (κ1) is 32.8. The summed E-state index contributed by atoms with van der Waals surface area (Å²) < 4.78 is 37.5. The first-order valence-electron chi connectivity index (χ1n) is 11.2. The molecule has 0 radical (unpaired) electrons. The highest BCUT2D eigenvalue weighted by Crippen LogP contribution is 2.20. The van der Waals surface area contributed by atoms with Crippen molar-refractivity contribution in [2.24, 2.45) is 0 Å². The Labute approximate surface area is 207 Å². The minimum Gasteiger partial charge on any atom is -0.458 e. The summed E-state index contributed by atoms with van der Waals surface area (Å²) in [5, 5.41) is -0.0786. The van der Waals surface area contributed by atoms with Gasteiger partial charge in [-0.15, -0.1) is 0 Å². The second-order valence-corrected chi connectivity index (χ2v) is 10.6. The van der Waals surface area contributed by atoms with Crippen LogP contribution in [0.1, 0.15) is 61.3 Å². The Morgan fingerprint density at radius 3 is 1.62 bits per heavy atom. The lowest BCUT2D eigenvalue weighted by atomic mass is 10.2. The lowest BCUT2D eigenvalue weighted by Crippen LogP contribution is -2.27. The molecule has 2 atom stereocenters. The molecule has 1 unspecified atom stereocenters. The molecule has 0 rings (SSSR count). The largest absolute Gasteiger partial charge is 0.458 e. The molecule has 10 nitrogen and oxygen atoms in total. The van der Waals surface area contributed by atoms with Crippen molar-refractivity contribution in [2.45, 2.75) is 84.2 Å². The number of thioether (sulfide) groups is 1. The summed E-state index contributed by atoms with van der Waals surface area (Å²) in [5.74, 6) is -0.885. The fourth-order valence-corrected chi connectivity index (χ4v) is 3.22. The van der Waals surface area contributed by atoms with Crippen LogP contribution in [0.3, 0.4) is 0 Å². The third kappa shape index (κ3) is 21.3. The van der Waals surface area contributed by atoms with Crippen molar-refractivity contribution < 1.29 is 47.5 Å². The zero-order valence-corrected chi connectivity index (χ0v) is 22.6. The number of methoxy groups -OCH3 is 1. The molecule has 0 heterocycles. The molecule has 0 aromatic rings. The lowest BCUT2D eigenvalue weighted by molar-refractivity contribution is -0.164. The van der Waals surface area contributed by atoms with Gasteiger partial charge in [-0.05, 0) is 48.0 Å². The Balaban J connectivity index is 4.18. The second-order valence-electron chi connectivity index (χ2n) is 9.30. The van der Waals surface area contributed by atoms with E-state index in [4.69, 9.17) is 33.2 Å². The first-order valence-corrected chi connectivity index (χ1v) is 12.1. The quantitative estimate of drug-likeness (QED) is 0.163. The predicted octanol–water partition coefficient (Wildman–Crippen LogP) is 3.09. The molecule has 0 aliphatic heterocycles. The highest BCUT2D eigenvalue weighted by molar-refractivity contribution is 8.13. The van der Waals surface area contributed by atoms with Crippen molar-refractivity contribution >= 4 is 28.8 Å². The van der Waals surface area contributed by atoms with E-state index in [1.807, 2.05) is 0 Å². The van der Waals surface area contributed by atoms with Gasteiger partial charge >= 0.3 is 11.9 Å². The van der Waals surface area contributed by atoms with Crippen LogP contribution in [0.2, 0.25) is 0 Å². The molecule has 0 aromatic heterocycles. The van der Waals surface area contributed by atoms with Gasteiger partial charge in [0, 0.05) is 20.5 Å². The normalized spacial score (nSPS) is 13.9. The van der Waals surface area contributed by atoms with Crippen molar-refractivity contribution in [3.63, 3.8) is 0 Å². The number of esters is 2. The predicted molar refractivity (Wildman–Crippen MR) is 127 cm³/mol. The topological polar surface area (TPSA) is 116 Å². The van der Waals surface area contributed by atoms with Crippen LogP contribution in [-0.4, -0.2) is 86.7 Å². The van der Waals surface area contributed by atoms with Gasteiger partial charge in [0.05, 0.1) is 26.4 Å². The van der Waals surface area contributed by atoms with E-state index in [1.165, 1.54) is 14.0 Å². The van der Waals surface area contributed by atoms with Gasteiger partial charge < -0.3 is 33.2 Å². The van der Waals surface area contributed by atoms with Crippen LogP contribution >= 0.6 is 11.8 Å². The minimum absolute atomic E-state index is 0.0786. The maximum atomic E-state index is 11.6. The van der Waals surface area contributed by atoms with Gasteiger partial charge in [0.15, 0.2) is 11.4 Å². The van der Waals surface area contributed by atoms with E-state index in [1.54, 1.807) is 41.5 Å². The van der Waals surface area contributed by atoms with Gasteiger partial charge in [-0.1, -0.05) is 11.8 Å². The molecule has 0 saturated carbocycles. The third-order valence-electron chi connectivity index (χ3n) is 3.54. The van der Waals surface area contributed by atoms with Crippen molar-refractivity contribution in [1.29, 1.82) is 0 Å². The Morgan fingerprint density at radius 2 is 1.21 bits per heavy atom. The van der Waals surface area contributed by atoms with Gasteiger partial charge in [-0.25, -0.2) is 9.59 Å². The van der Waals surface area contributed by atoms with Crippen molar-refractivity contribution in [1.82, 2.24) is 0 Å². The van der Waals surface area contributed by atoms with Gasteiger partial charge in [0.2, 0.25) is 0 Å². The Bertz CT molecular complexity index is 598. The fraction of sp³-hybridized carbons (Fsp3) is 0.870. The zero-order valence-electron chi connectivity index (χ0n) is 21.8. The van der Waals surface area contributed by atoms with Crippen LogP contribution in [0.5, 0.6) is 0 Å². The smallest absolute Gasteiger partial charge is 0.332 e. The molecule has 0 aliphatic rings. The van der Waals surface area contributed by atoms with Crippen molar-refractivity contribution in [3.8, 4) is 0 Å². The molecule has 0 aliphatic carbocycles. The maximum absolute atomic E-state index is 11.6. The van der Waals surface area contributed by atoms with Crippen molar-refractivity contribution in [3.05, 3.63) is 0 Å². The average molecular weight is 511 g/mol. The first-order chi connectivity index (χ1) is 15.7. The van der Waals surface area contributed by atoms with Crippen LogP contribution in [0.15, 0.2) is 0 Å². The lowest BCUT2D eigenvalue weighted by Gasteiger charge is -2.21. The van der Waals surface area contributed by atoms with Crippen LogP contribution in [0, 0.1) is 0 Å². The van der Waals surface area contributed by atoms with Gasteiger partial charge in [0.25, 0.3) is 0 Å². The van der Waals surface area contributed by atoms with E-state index < -0.39 is 34.9 Å². The Hall–Kier alpha value is -1.24. The van der Waals surface area contributed by atoms with Gasteiger partial charge in [-0.3, -0.25) is 4.79 Å². The average Bonchev–Trinajstić information content (AvgIpc) is 2.66. The van der Waals surface area contributed by atoms with Crippen LogP contribution in [0.4, 0.5) is 0 Å². The number of rotatable bonds is 17. The minimum atomic E-state index is -0.565. The highest BCUT2D eigenvalue weighted by Gasteiger charge is 2.19. The molecule has 0 bridgehead atoms. The number of carbonyl (C=O) groups excluding carboxylic acids is 3. The summed E-state index contributed by atoms with van der Waals surface area (Å²) in [5.41, 5.74) is -1.53. The van der Waals surface area contributed by atoms with Gasteiger partial charge in [-0.2, -0.15) is 0 Å². The monoisotopic (exact) mass is 510 g/mol. The summed E-state index contributed by atoms with van der Waals surface area (Å²) in [6.45, 7) is 12.7. The molecule has 11 heteroatoms. The molecule has 0 fully saturated rings. The van der Waals surface area contributed by atoms with Crippen molar-refractivity contribution in [2.75, 3.05) is 46.8 Å². The summed E-state index contributed by atoms with van der Waals surface area (Å²) in [6, 6.07) is 0. The molecular formula is C23H42O10S. The Kier molecular flexibility index (Phi) is 16.6. The van der Waals surface area contributed by atoms with E-state index >= 15 is 0 Å². The summed E-state index contributed by atoms with van der Waals surface area (Å²) in [7, 11) is 1.52. The number of hydrogen-bond donors (Lipinski definition) is 0. The standard InChI is InChI=1S/C23H42O10S/c1-17(24)34-21(31-14-12-29-16-19(26)33-23(5,6)7)10-9-20(27-8)30-13-11-28-15-18(25)32-22(2,3)4/h20-21H,9-16H2,1-8H3/t20?,21-/m0/s1. The number of ether oxygens (including phenoxy) is 7. The molecule has 34 heavy (non-hydrogen) atoms. The molecule has 0 amide bonds. The van der Waals surface area contributed by atoms with Crippen LogP contribution < -0.4 is 0 Å². The third-order valence-corrected chi connectivity index (χ3v) is 4.51. The Morgan fingerprint density at radius 1 is 0.735 bits per heavy atom. The maximum Gasteiger partial charge on any atom is 0.332 e. The molecular weight excluding hydrogens is 468 g/mol. The van der Waals surface area contributed by atoms with Crippen LogP contribution in [-0.2, 0) is 47.5 Å². The molecule has 200 valence electrons. The highest BCUT2D eigenvalue weighted by atomic mass is 32.2. The summed E-state index contributed by atoms with van der Waals surface area (Å²) >= 11 is 1.07. The molecule has 0 N–H and O–H groups in total.